The number of hydrogen-bond donors (Lipinski definition) is 1. The van der Waals surface area contributed by atoms with Gasteiger partial charge in [0.25, 0.3) is 11.8 Å². The van der Waals surface area contributed by atoms with E-state index < -0.39 is 17.4 Å². The molecular formula is C10H14N4O4. The van der Waals surface area contributed by atoms with Crippen molar-refractivity contribution in [2.75, 3.05) is 13.2 Å². The highest BCUT2D eigenvalue weighted by atomic mass is 16.5. The minimum Gasteiger partial charge on any atom is -0.362 e. The summed E-state index contributed by atoms with van der Waals surface area (Å²) in [6, 6.07) is 0. The molecule has 0 saturated carbocycles. The van der Waals surface area contributed by atoms with Gasteiger partial charge in [-0.25, -0.2) is 0 Å². The molecule has 1 aliphatic rings. The van der Waals surface area contributed by atoms with Gasteiger partial charge in [0.15, 0.2) is 5.82 Å². The predicted octanol–water partition coefficient (Wildman–Crippen LogP) is -0.851. The van der Waals surface area contributed by atoms with Crippen LogP contribution in [0, 0.1) is 0 Å². The van der Waals surface area contributed by atoms with E-state index in [1.165, 1.54) is 0 Å². The maximum atomic E-state index is 11.5. The van der Waals surface area contributed by atoms with E-state index >= 15 is 0 Å². The molecule has 0 atom stereocenters. The largest absolute Gasteiger partial charge is 0.362 e. The van der Waals surface area contributed by atoms with Crippen molar-refractivity contribution in [3.05, 3.63) is 11.7 Å². The monoisotopic (exact) mass is 254 g/mol. The Hall–Kier alpha value is -1.80. The molecule has 2 amide bonds. The summed E-state index contributed by atoms with van der Waals surface area (Å²) in [4.78, 5) is 28.0. The number of nitrogens with two attached hydrogens (primary N) is 1. The molecule has 0 aromatic carbocycles. The van der Waals surface area contributed by atoms with Gasteiger partial charge in [-0.1, -0.05) is 5.16 Å². The average molecular weight is 254 g/mol. The lowest BCUT2D eigenvalue weighted by Gasteiger charge is -2.23. The summed E-state index contributed by atoms with van der Waals surface area (Å²) in [6.45, 7) is 3.17. The topological polar surface area (TPSA) is 112 Å². The summed E-state index contributed by atoms with van der Waals surface area (Å²) in [7, 11) is 0. The Kier molecular flexibility index (Phi) is 3.14. The lowest BCUT2D eigenvalue weighted by molar-refractivity contribution is -0.159. The van der Waals surface area contributed by atoms with Gasteiger partial charge in [0.05, 0.1) is 5.54 Å². The first-order valence-corrected chi connectivity index (χ1v) is 5.41. The van der Waals surface area contributed by atoms with Crippen molar-refractivity contribution in [3.63, 3.8) is 0 Å². The quantitative estimate of drug-likeness (QED) is 0.699. The molecule has 1 saturated heterocycles. The van der Waals surface area contributed by atoms with E-state index in [9.17, 15) is 9.59 Å². The Balaban J connectivity index is 2.11. The molecule has 1 aromatic rings. The van der Waals surface area contributed by atoms with Gasteiger partial charge in [-0.05, 0) is 13.8 Å². The predicted molar refractivity (Wildman–Crippen MR) is 57.9 cm³/mol. The molecule has 0 spiro atoms. The molecule has 1 aliphatic heterocycles. The van der Waals surface area contributed by atoms with E-state index in [1.54, 1.807) is 13.8 Å². The molecule has 1 fully saturated rings. The molecule has 18 heavy (non-hydrogen) atoms. The van der Waals surface area contributed by atoms with Gasteiger partial charge in [0.1, 0.15) is 19.8 Å². The van der Waals surface area contributed by atoms with Crippen LogP contribution in [0.1, 0.15) is 25.6 Å². The summed E-state index contributed by atoms with van der Waals surface area (Å²) in [5, 5.41) is 3.71. The number of hydrogen-bond acceptors (Lipinski definition) is 7. The Morgan fingerprint density at radius 2 is 1.94 bits per heavy atom. The van der Waals surface area contributed by atoms with Crippen LogP contribution in [0.5, 0.6) is 0 Å². The highest BCUT2D eigenvalue weighted by molar-refractivity contribution is 5.98. The molecule has 2 rings (SSSR count). The number of carbonyl (C=O) groups is 2. The molecule has 0 unspecified atom stereocenters. The van der Waals surface area contributed by atoms with Crippen LogP contribution >= 0.6 is 0 Å². The number of carbonyl (C=O) groups excluding carboxylic acids is 2. The SMILES string of the molecule is CC(C)(N)c1noc(CN2C(=O)COCC2=O)n1. The van der Waals surface area contributed by atoms with Crippen LogP contribution in [0.2, 0.25) is 0 Å². The normalized spacial score (nSPS) is 17.4. The van der Waals surface area contributed by atoms with Gasteiger partial charge in [-0.15, -0.1) is 0 Å². The molecular weight excluding hydrogens is 240 g/mol. The number of ether oxygens (including phenoxy) is 1. The summed E-state index contributed by atoms with van der Waals surface area (Å²) in [6.07, 6.45) is 0. The zero-order chi connectivity index (χ0) is 13.3. The van der Waals surface area contributed by atoms with Crippen LogP contribution in [0.3, 0.4) is 0 Å². The fourth-order valence-corrected chi connectivity index (χ4v) is 1.41. The fourth-order valence-electron chi connectivity index (χ4n) is 1.41. The molecule has 0 aliphatic carbocycles. The number of morpholine rings is 1. The van der Waals surface area contributed by atoms with Gasteiger partial charge in [0.2, 0.25) is 5.89 Å². The van der Waals surface area contributed by atoms with Gasteiger partial charge in [0, 0.05) is 0 Å². The summed E-state index contributed by atoms with van der Waals surface area (Å²) in [5.41, 5.74) is 5.07. The van der Waals surface area contributed by atoms with Crippen LogP contribution in [-0.4, -0.2) is 40.1 Å². The van der Waals surface area contributed by atoms with Crippen molar-refractivity contribution in [1.82, 2.24) is 15.0 Å². The standard InChI is InChI=1S/C10H14N4O4/c1-10(2,11)9-12-6(18-13-9)3-14-7(15)4-17-5-8(14)16/h3-5,11H2,1-2H3. The molecule has 2 N–H and O–H groups in total. The molecule has 98 valence electrons. The van der Waals surface area contributed by atoms with Crippen molar-refractivity contribution in [2.24, 2.45) is 5.73 Å². The Labute approximate surface area is 103 Å². The van der Waals surface area contributed by atoms with E-state index in [2.05, 4.69) is 10.1 Å². The second-order valence-electron chi connectivity index (χ2n) is 4.60. The molecule has 0 radical (unpaired) electrons. The van der Waals surface area contributed by atoms with Crippen LogP contribution < -0.4 is 5.73 Å². The van der Waals surface area contributed by atoms with Crippen LogP contribution in [-0.2, 0) is 26.4 Å². The van der Waals surface area contributed by atoms with Crippen LogP contribution in [0.15, 0.2) is 4.52 Å². The second-order valence-corrected chi connectivity index (χ2v) is 4.60. The number of nitrogens with zero attached hydrogens (tertiary/aromatic N) is 3. The van der Waals surface area contributed by atoms with Crippen LogP contribution in [0.4, 0.5) is 0 Å². The third-order valence-electron chi connectivity index (χ3n) is 2.39. The molecule has 1 aromatic heterocycles. The van der Waals surface area contributed by atoms with Crippen molar-refractivity contribution in [2.45, 2.75) is 25.9 Å². The first kappa shape index (κ1) is 12.7. The molecule has 8 heteroatoms. The van der Waals surface area contributed by atoms with E-state index in [4.69, 9.17) is 15.0 Å². The summed E-state index contributed by atoms with van der Waals surface area (Å²) in [5.74, 6) is -0.339. The van der Waals surface area contributed by atoms with E-state index in [1.807, 2.05) is 0 Å². The number of amides is 2. The Morgan fingerprint density at radius 3 is 2.44 bits per heavy atom. The summed E-state index contributed by atoms with van der Waals surface area (Å²) >= 11 is 0. The number of aromatic nitrogens is 2. The van der Waals surface area contributed by atoms with Crippen molar-refractivity contribution < 1.29 is 18.8 Å². The van der Waals surface area contributed by atoms with Crippen molar-refractivity contribution in [1.29, 1.82) is 0 Å². The molecule has 0 bridgehead atoms. The highest BCUT2D eigenvalue weighted by Crippen LogP contribution is 2.14. The third-order valence-corrected chi connectivity index (χ3v) is 2.39. The fraction of sp³-hybridized carbons (Fsp3) is 0.600. The van der Waals surface area contributed by atoms with Gasteiger partial charge in [-0.3, -0.25) is 14.5 Å². The van der Waals surface area contributed by atoms with Gasteiger partial charge >= 0.3 is 0 Å². The zero-order valence-electron chi connectivity index (χ0n) is 10.2. The maximum Gasteiger partial charge on any atom is 0.255 e. The number of imide groups is 1. The smallest absolute Gasteiger partial charge is 0.255 e. The van der Waals surface area contributed by atoms with Gasteiger partial charge in [-0.2, -0.15) is 4.98 Å². The number of rotatable bonds is 3. The first-order chi connectivity index (χ1) is 8.38. The Bertz CT molecular complexity index is 460. The van der Waals surface area contributed by atoms with E-state index in [-0.39, 0.29) is 25.6 Å². The third kappa shape index (κ3) is 2.54. The summed E-state index contributed by atoms with van der Waals surface area (Å²) < 4.78 is 9.76. The lowest BCUT2D eigenvalue weighted by atomic mass is 10.1. The first-order valence-electron chi connectivity index (χ1n) is 5.41. The second kappa shape index (κ2) is 4.46. The Morgan fingerprint density at radius 1 is 1.33 bits per heavy atom. The van der Waals surface area contributed by atoms with Crippen molar-refractivity contribution >= 4 is 11.8 Å². The zero-order valence-corrected chi connectivity index (χ0v) is 10.2. The minimum atomic E-state index is -0.735. The maximum absolute atomic E-state index is 11.5. The van der Waals surface area contributed by atoms with E-state index in [0.717, 1.165) is 4.90 Å². The average Bonchev–Trinajstić information content (AvgIpc) is 2.72. The van der Waals surface area contributed by atoms with Gasteiger partial charge < -0.3 is 15.0 Å². The van der Waals surface area contributed by atoms with Crippen LogP contribution in [0.25, 0.3) is 0 Å². The van der Waals surface area contributed by atoms with Crippen molar-refractivity contribution in [3.8, 4) is 0 Å². The van der Waals surface area contributed by atoms with E-state index in [0.29, 0.717) is 5.82 Å². The highest BCUT2D eigenvalue weighted by Gasteiger charge is 2.29. The molecule has 2 heterocycles. The minimum absolute atomic E-state index is 0.0515. The lowest BCUT2D eigenvalue weighted by Crippen LogP contribution is -2.45. The molecule has 8 nitrogen and oxygen atoms in total.